The molecule has 12 nitrogen and oxygen atoms in total. The average Bonchev–Trinajstić information content (AvgIpc) is 1.06. The molecule has 12 heteroatoms. The van der Waals surface area contributed by atoms with Gasteiger partial charge in [0.2, 0.25) is 5.69 Å². The summed E-state index contributed by atoms with van der Waals surface area (Å²) in [6.45, 7) is 53.8. The van der Waals surface area contributed by atoms with Gasteiger partial charge in [-0.15, -0.1) is 0 Å². The van der Waals surface area contributed by atoms with Gasteiger partial charge < -0.3 is 5.11 Å². The lowest BCUT2D eigenvalue weighted by Gasteiger charge is -2.20. The molecule has 1 N–H and O–H groups in total. The van der Waals surface area contributed by atoms with Crippen molar-refractivity contribution in [2.75, 3.05) is 0 Å². The number of benzene rings is 6. The third-order valence-corrected chi connectivity index (χ3v) is 13.7. The maximum absolute atomic E-state index is 11.2. The van der Waals surface area contributed by atoms with Crippen molar-refractivity contribution in [2.45, 2.75) is 208 Å². The lowest BCUT2D eigenvalue weighted by Crippen LogP contribution is -2.19. The molecule has 0 aliphatic carbocycles. The van der Waals surface area contributed by atoms with Gasteiger partial charge in [0, 0.05) is 23.4 Å². The van der Waals surface area contributed by atoms with Crippen LogP contribution in [0.2, 0.25) is 0 Å². The van der Waals surface area contributed by atoms with E-state index < -0.39 is 38.2 Å². The molecule has 0 aliphatic rings. The van der Waals surface area contributed by atoms with Crippen LogP contribution in [0.1, 0.15) is 224 Å². The third-order valence-electron chi connectivity index (χ3n) is 13.7. The van der Waals surface area contributed by atoms with Crippen LogP contribution in [0.5, 0.6) is 0 Å². The quantitative estimate of drug-likeness (QED) is 0.0789. The van der Waals surface area contributed by atoms with Gasteiger partial charge in [-0.2, -0.15) is 10.5 Å². The molecule has 0 saturated heterocycles. The molecule has 7 aromatic rings. The molecule has 93 heavy (non-hydrogen) atoms. The summed E-state index contributed by atoms with van der Waals surface area (Å²) in [5.41, 5.74) is 10.8. The number of hydrogen-bond donors (Lipinski definition) is 1. The summed E-state index contributed by atoms with van der Waals surface area (Å²) >= 11 is 0. The number of carboxylic acids is 1. The number of nitro benzene ring substituents is 2. The Kier molecular flexibility index (Phi) is 33.3. The van der Waals surface area contributed by atoms with E-state index in [1.54, 1.807) is 33.0 Å². The van der Waals surface area contributed by atoms with Crippen molar-refractivity contribution in [3.05, 3.63) is 257 Å². The molecule has 7 rings (SSSR count). The summed E-state index contributed by atoms with van der Waals surface area (Å²) in [4.78, 5) is 38.7. The molecule has 0 bridgehead atoms. The second-order valence-electron chi connectivity index (χ2n) is 31.6. The summed E-state index contributed by atoms with van der Waals surface area (Å²) in [5, 5.41) is 48.3. The van der Waals surface area contributed by atoms with Gasteiger partial charge in [-0.1, -0.05) is 278 Å². The van der Waals surface area contributed by atoms with Crippen LogP contribution in [0.25, 0.3) is 4.85 Å². The highest BCUT2D eigenvalue weighted by Crippen LogP contribution is 2.37. The maximum Gasteiger partial charge on any atom is 0.336 e. The number of carbonyl (C=O) groups is 1. The zero-order valence-corrected chi connectivity index (χ0v) is 60.2. The summed E-state index contributed by atoms with van der Waals surface area (Å²) in [5.74, 6) is -1.43. The SMILES string of the molecule is CC(C)(C)CCc1ccc(C#N)cc1.CC(C)(C)CCc1ccccc1.CC(C)(C)Cc1ccccc1.CC(C)(C)Cc1ccccc1C#N.CC(C)(C)c1c(C(=O)O)cc([N+](=O)[O-])cc1[N+](=O)[O-].Cc1ccc(CC(C)(C)C)cc1.[C-]#[N+]c1ccc(C(C)(C)C)nc1. The summed E-state index contributed by atoms with van der Waals surface area (Å²) in [6, 6.07) is 55.5. The van der Waals surface area contributed by atoms with Crippen LogP contribution in [-0.2, 0) is 42.9 Å². The number of non-ortho nitro benzene ring substituents is 1. The van der Waals surface area contributed by atoms with Gasteiger partial charge in [0.05, 0.1) is 56.9 Å². The fourth-order valence-electron chi connectivity index (χ4n) is 9.02. The Hall–Kier alpha value is -8.79. The molecule has 0 unspecified atom stereocenters. The molecular formula is C81H108N6O6. The Labute approximate surface area is 559 Å². The number of hydrogen-bond acceptors (Lipinski definition) is 8. The van der Waals surface area contributed by atoms with Crippen LogP contribution >= 0.6 is 0 Å². The van der Waals surface area contributed by atoms with Crippen LogP contribution in [-0.4, -0.2) is 25.9 Å². The van der Waals surface area contributed by atoms with E-state index in [1.165, 1.54) is 47.1 Å². The van der Waals surface area contributed by atoms with Crippen LogP contribution in [0, 0.1) is 83.5 Å². The van der Waals surface area contributed by atoms with E-state index in [-0.39, 0.29) is 16.4 Å². The first-order valence-corrected chi connectivity index (χ1v) is 31.9. The van der Waals surface area contributed by atoms with E-state index >= 15 is 0 Å². The molecule has 0 radical (unpaired) electrons. The molecule has 1 aromatic heterocycles. The van der Waals surface area contributed by atoms with Crippen molar-refractivity contribution in [3.63, 3.8) is 0 Å². The minimum atomic E-state index is -1.43. The number of aromatic carboxylic acids is 1. The zero-order valence-electron chi connectivity index (χ0n) is 60.2. The van der Waals surface area contributed by atoms with Crippen molar-refractivity contribution < 1.29 is 19.7 Å². The molecule has 498 valence electrons. The highest BCUT2D eigenvalue weighted by molar-refractivity contribution is 5.92. The monoisotopic (exact) mass is 1260 g/mol. The average molecular weight is 1260 g/mol. The number of nitrogens with zero attached hydrogens (tertiary/aromatic N) is 6. The van der Waals surface area contributed by atoms with Crippen LogP contribution < -0.4 is 0 Å². The van der Waals surface area contributed by atoms with Crippen molar-refractivity contribution in [3.8, 4) is 12.1 Å². The Morgan fingerprint density at radius 1 is 0.516 bits per heavy atom. The standard InChI is InChI=1S/C13H17N.C12H15N.2C12H18.C11H12N2O6.C11H16.C10H12N2/c1-13(2,3)9-8-11-4-6-12(10-14)7-5-11;1-12(2,3)8-10-6-4-5-7-11(10)9-13;1-10-5-7-11(8-6-10)9-12(2,3)4;1-12(2,3)10-9-11-7-5-4-6-8-11;1-11(2,3)9-7(10(14)15)4-6(12(16)17)5-8(9)13(18)19;1-11(2,3)9-10-7-5-4-6-8-10;1-10(2,3)9-6-5-8(11-4)7-12-9/h4-7H,8-9H2,1-3H3;4-7H,8H2,1-3H3;5-8H,9H2,1-4H3;4-8H,9-10H2,1-3H3;4-5H,1-3H3,(H,14,15);4-8H,9H2,1-3H3;5-7H,1-3H3. The van der Waals surface area contributed by atoms with Gasteiger partial charge in [0.15, 0.2) is 0 Å². The summed E-state index contributed by atoms with van der Waals surface area (Å²) in [6.07, 6.45) is 9.63. The Bertz CT molecular complexity index is 3470. The lowest BCUT2D eigenvalue weighted by atomic mass is 9.82. The molecule has 0 atom stereocenters. The first kappa shape index (κ1) is 82.2. The largest absolute Gasteiger partial charge is 0.478 e. The maximum atomic E-state index is 11.2. The van der Waals surface area contributed by atoms with E-state index in [2.05, 4.69) is 238 Å². The van der Waals surface area contributed by atoms with Gasteiger partial charge in [-0.3, -0.25) is 25.2 Å². The van der Waals surface area contributed by atoms with E-state index in [9.17, 15) is 25.0 Å². The number of pyridine rings is 1. The molecule has 0 fully saturated rings. The number of carboxylic acid groups (broad SMARTS) is 1. The Morgan fingerprint density at radius 2 is 0.946 bits per heavy atom. The number of rotatable bonds is 10. The van der Waals surface area contributed by atoms with Crippen molar-refractivity contribution >= 4 is 23.0 Å². The highest BCUT2D eigenvalue weighted by Gasteiger charge is 2.34. The molecule has 0 spiro atoms. The molecule has 0 amide bonds. The highest BCUT2D eigenvalue weighted by atomic mass is 16.6. The predicted molar refractivity (Wildman–Crippen MR) is 386 cm³/mol. The topological polar surface area (TPSA) is 188 Å². The van der Waals surface area contributed by atoms with E-state index in [0.717, 1.165) is 60.2 Å². The van der Waals surface area contributed by atoms with E-state index in [4.69, 9.17) is 22.2 Å². The van der Waals surface area contributed by atoms with Crippen molar-refractivity contribution in [2.24, 2.45) is 27.1 Å². The molecule has 0 saturated carbocycles. The minimum Gasteiger partial charge on any atom is -0.478 e. The van der Waals surface area contributed by atoms with Gasteiger partial charge in [0.1, 0.15) is 0 Å². The van der Waals surface area contributed by atoms with E-state index in [1.807, 2.05) is 54.6 Å². The van der Waals surface area contributed by atoms with E-state index in [0.29, 0.717) is 27.3 Å². The molecule has 0 aliphatic heterocycles. The van der Waals surface area contributed by atoms with Crippen LogP contribution in [0.3, 0.4) is 0 Å². The van der Waals surface area contributed by atoms with Gasteiger partial charge in [-0.25, -0.2) is 9.64 Å². The Morgan fingerprint density at radius 3 is 1.31 bits per heavy atom. The first-order chi connectivity index (χ1) is 42.8. The number of aromatic nitrogens is 1. The van der Waals surface area contributed by atoms with Gasteiger partial charge >= 0.3 is 5.97 Å². The molecular weight excluding hydrogens is 1150 g/mol. The summed E-state index contributed by atoms with van der Waals surface area (Å²) < 4.78 is 0. The van der Waals surface area contributed by atoms with Crippen molar-refractivity contribution in [1.82, 2.24) is 4.98 Å². The molecule has 6 aromatic carbocycles. The Balaban J connectivity index is 0.000000546. The fraction of sp³-hybridized carbons (Fsp3) is 0.444. The minimum absolute atomic E-state index is 0.0319. The predicted octanol–water partition coefficient (Wildman–Crippen LogP) is 22.6. The zero-order chi connectivity index (χ0) is 71.2. The smallest absolute Gasteiger partial charge is 0.336 e. The number of aryl methyl sites for hydroxylation is 3. The van der Waals surface area contributed by atoms with Crippen LogP contribution in [0.4, 0.5) is 17.1 Å². The summed E-state index contributed by atoms with van der Waals surface area (Å²) in [7, 11) is 0. The fourth-order valence-corrected chi connectivity index (χ4v) is 9.02. The second kappa shape index (κ2) is 37.7. The first-order valence-electron chi connectivity index (χ1n) is 31.9. The third kappa shape index (κ3) is 37.4. The van der Waals surface area contributed by atoms with Gasteiger partial charge in [0.25, 0.3) is 11.4 Å². The number of nitriles is 2. The van der Waals surface area contributed by atoms with Crippen LogP contribution in [0.15, 0.2) is 164 Å². The van der Waals surface area contributed by atoms with Gasteiger partial charge in [-0.05, 0) is 130 Å². The normalized spacial score (nSPS) is 11.2. The number of nitro groups is 2. The molecule has 1 heterocycles. The lowest BCUT2D eigenvalue weighted by molar-refractivity contribution is -0.394. The second-order valence-corrected chi connectivity index (χ2v) is 31.6. The van der Waals surface area contributed by atoms with Crippen molar-refractivity contribution in [1.29, 1.82) is 10.5 Å².